The highest BCUT2D eigenvalue weighted by Gasteiger charge is 2.24. The molecule has 1 aromatic heterocycles. The minimum atomic E-state index is -0.475. The molecule has 4 aromatic carbocycles. The Hall–Kier alpha value is -3.34. The average Bonchev–Trinajstić information content (AvgIpc) is 3.36. The maximum Gasteiger partial charge on any atom is 0.128 e. The second kappa shape index (κ2) is 11.3. The van der Waals surface area contributed by atoms with Gasteiger partial charge in [0.15, 0.2) is 0 Å². The molecule has 0 aliphatic carbocycles. The molecule has 0 bridgehead atoms. The Morgan fingerprint density at radius 1 is 0.625 bits per heavy atom. The van der Waals surface area contributed by atoms with Crippen LogP contribution >= 0.6 is 11.3 Å². The van der Waals surface area contributed by atoms with Crippen LogP contribution < -0.4 is 0 Å². The summed E-state index contributed by atoms with van der Waals surface area (Å²) in [7, 11) is 3.54. The Morgan fingerprint density at radius 2 is 1.05 bits per heavy atom. The molecule has 0 unspecified atom stereocenters. The summed E-state index contributed by atoms with van der Waals surface area (Å²) in [5.41, 5.74) is 1.14. The van der Waals surface area contributed by atoms with Gasteiger partial charge in [0.25, 0.3) is 0 Å². The summed E-state index contributed by atoms with van der Waals surface area (Å²) in [5, 5.41) is 8.17. The molecule has 5 rings (SSSR count). The topological polar surface area (TPSA) is 18.5 Å². The van der Waals surface area contributed by atoms with Crippen molar-refractivity contribution >= 4 is 53.7 Å². The predicted octanol–water partition coefficient (Wildman–Crippen LogP) is 9.78. The minimum Gasteiger partial charge on any atom is -0.366 e. The van der Waals surface area contributed by atoms with Crippen LogP contribution in [0.25, 0.3) is 42.4 Å². The van der Waals surface area contributed by atoms with Gasteiger partial charge in [-0.05, 0) is 95.3 Å². The Bertz CT molecular complexity index is 1690. The number of ether oxygens (including phenoxy) is 2. The average molecular weight is 547 g/mol. The third kappa shape index (κ3) is 4.88. The van der Waals surface area contributed by atoms with E-state index in [0.29, 0.717) is 0 Å². The Morgan fingerprint density at radius 3 is 1.48 bits per heavy atom. The normalized spacial score (nSPS) is 12.1. The Balaban J connectivity index is 1.99. The predicted molar refractivity (Wildman–Crippen MR) is 173 cm³/mol. The van der Waals surface area contributed by atoms with Crippen molar-refractivity contribution in [3.05, 3.63) is 70.6 Å². The fourth-order valence-electron chi connectivity index (χ4n) is 5.73. The molecule has 1 heterocycles. The maximum absolute atomic E-state index is 5.95. The smallest absolute Gasteiger partial charge is 0.128 e. The van der Waals surface area contributed by atoms with Gasteiger partial charge in [-0.2, -0.15) is 0 Å². The molecule has 40 heavy (non-hydrogen) atoms. The highest BCUT2D eigenvalue weighted by molar-refractivity contribution is 7.19. The Labute approximate surface area is 242 Å². The second-order valence-electron chi connectivity index (χ2n) is 10.6. The van der Waals surface area contributed by atoms with E-state index in [2.05, 4.69) is 113 Å². The number of rotatable bonds is 6. The lowest BCUT2D eigenvalue weighted by molar-refractivity contribution is 0.0344. The van der Waals surface area contributed by atoms with E-state index >= 15 is 0 Å². The molecular formula is C37H38O2S. The van der Waals surface area contributed by atoms with Crippen LogP contribution in [0.4, 0.5) is 0 Å². The molecule has 5 aromatic rings. The lowest BCUT2D eigenvalue weighted by Gasteiger charge is -2.24. The highest BCUT2D eigenvalue weighted by atomic mass is 32.1. The SMILES string of the molecule is CCC(C#Cc1c2cc3ccccc3cc2c(C#CC(CC)(CC)OC)c2cc3sc(C)cc3cc12)(CC)OC. The van der Waals surface area contributed by atoms with E-state index in [1.165, 1.54) is 25.7 Å². The highest BCUT2D eigenvalue weighted by Crippen LogP contribution is 2.39. The van der Waals surface area contributed by atoms with Crippen molar-refractivity contribution in [2.24, 2.45) is 0 Å². The van der Waals surface area contributed by atoms with E-state index in [9.17, 15) is 0 Å². The summed E-state index contributed by atoms with van der Waals surface area (Å²) in [5.74, 6) is 14.4. The van der Waals surface area contributed by atoms with Gasteiger partial charge in [-0.25, -0.2) is 0 Å². The van der Waals surface area contributed by atoms with E-state index in [1.807, 2.05) is 11.3 Å². The van der Waals surface area contributed by atoms with Crippen LogP contribution in [-0.2, 0) is 9.47 Å². The largest absolute Gasteiger partial charge is 0.366 e. The van der Waals surface area contributed by atoms with Crippen molar-refractivity contribution in [3.63, 3.8) is 0 Å². The third-order valence-corrected chi connectivity index (χ3v) is 9.65. The third-order valence-electron chi connectivity index (χ3n) is 8.64. The number of aryl methyl sites for hydroxylation is 1. The first-order valence-corrected chi connectivity index (χ1v) is 15.2. The monoisotopic (exact) mass is 546 g/mol. The summed E-state index contributed by atoms with van der Waals surface area (Å²) in [6.45, 7) is 10.7. The number of hydrogen-bond donors (Lipinski definition) is 0. The van der Waals surface area contributed by atoms with Crippen molar-refractivity contribution in [2.45, 2.75) is 71.5 Å². The summed E-state index contributed by atoms with van der Waals surface area (Å²) in [6, 6.07) is 20.0. The van der Waals surface area contributed by atoms with Gasteiger partial charge >= 0.3 is 0 Å². The first kappa shape index (κ1) is 28.2. The number of methoxy groups -OCH3 is 2. The molecule has 0 aliphatic rings. The maximum atomic E-state index is 5.95. The zero-order valence-electron chi connectivity index (χ0n) is 24.7. The van der Waals surface area contributed by atoms with Gasteiger partial charge in [0.05, 0.1) is 0 Å². The van der Waals surface area contributed by atoms with Gasteiger partial charge in [-0.1, -0.05) is 75.6 Å². The molecule has 0 spiro atoms. The summed E-state index contributed by atoms with van der Waals surface area (Å²) < 4.78 is 13.2. The van der Waals surface area contributed by atoms with Crippen LogP contribution in [0.15, 0.2) is 54.6 Å². The first-order valence-electron chi connectivity index (χ1n) is 14.3. The number of thiophene rings is 1. The van der Waals surface area contributed by atoms with Gasteiger partial charge in [-0.15, -0.1) is 11.3 Å². The molecule has 3 heteroatoms. The van der Waals surface area contributed by atoms with Crippen LogP contribution in [-0.4, -0.2) is 25.4 Å². The number of benzene rings is 4. The lowest BCUT2D eigenvalue weighted by Crippen LogP contribution is -2.27. The van der Waals surface area contributed by atoms with Crippen LogP contribution in [0.2, 0.25) is 0 Å². The van der Waals surface area contributed by atoms with Crippen LogP contribution in [0.3, 0.4) is 0 Å². The zero-order valence-corrected chi connectivity index (χ0v) is 25.6. The van der Waals surface area contributed by atoms with Crippen LogP contribution in [0.1, 0.15) is 69.4 Å². The van der Waals surface area contributed by atoms with E-state index in [-0.39, 0.29) is 0 Å². The molecular weight excluding hydrogens is 508 g/mol. The minimum absolute atomic E-state index is 0.474. The molecule has 0 saturated carbocycles. The van der Waals surface area contributed by atoms with Crippen molar-refractivity contribution in [2.75, 3.05) is 14.2 Å². The summed E-state index contributed by atoms with van der Waals surface area (Å²) in [6.07, 6.45) is 3.32. The molecule has 0 saturated heterocycles. The summed E-state index contributed by atoms with van der Waals surface area (Å²) >= 11 is 1.83. The molecule has 204 valence electrons. The molecule has 2 nitrogen and oxygen atoms in total. The molecule has 0 N–H and O–H groups in total. The van der Waals surface area contributed by atoms with E-state index < -0.39 is 11.2 Å². The fourth-order valence-corrected chi connectivity index (χ4v) is 6.68. The van der Waals surface area contributed by atoms with Crippen molar-refractivity contribution in [1.82, 2.24) is 0 Å². The fraction of sp³-hybridized carbons (Fsp3) is 0.351. The van der Waals surface area contributed by atoms with Crippen molar-refractivity contribution in [1.29, 1.82) is 0 Å². The van der Waals surface area contributed by atoms with Crippen molar-refractivity contribution < 1.29 is 9.47 Å². The van der Waals surface area contributed by atoms with E-state index in [4.69, 9.17) is 9.47 Å². The number of hydrogen-bond acceptors (Lipinski definition) is 3. The van der Waals surface area contributed by atoms with Crippen molar-refractivity contribution in [3.8, 4) is 23.7 Å². The number of fused-ring (bicyclic) bond motifs is 4. The molecule has 0 atom stereocenters. The first-order chi connectivity index (χ1) is 19.3. The van der Waals surface area contributed by atoms with Gasteiger partial charge in [0, 0.05) is 40.3 Å². The van der Waals surface area contributed by atoms with E-state index in [1.54, 1.807) is 14.2 Å². The van der Waals surface area contributed by atoms with E-state index in [0.717, 1.165) is 58.4 Å². The lowest BCUT2D eigenvalue weighted by atomic mass is 9.88. The standard InChI is InChI=1S/C37H38O2S/c1-8-36(9-2,38-6)18-16-29-31-21-26-14-12-13-15-27(26)22-32(31)30(17-19-37(10-3,11-4)39-7)34-24-35-28(23-33(29)34)20-25(5)40-35/h12-15,20-24H,8-11H2,1-7H3. The molecule has 0 radical (unpaired) electrons. The van der Waals surface area contributed by atoms with Gasteiger partial charge in [0.2, 0.25) is 0 Å². The summed E-state index contributed by atoms with van der Waals surface area (Å²) in [4.78, 5) is 1.30. The van der Waals surface area contributed by atoms with Gasteiger partial charge in [-0.3, -0.25) is 0 Å². The molecule has 0 amide bonds. The molecule has 0 aliphatic heterocycles. The molecule has 0 fully saturated rings. The van der Waals surface area contributed by atoms with Crippen LogP contribution in [0, 0.1) is 30.6 Å². The quantitative estimate of drug-likeness (QED) is 0.156. The second-order valence-corrected chi connectivity index (χ2v) is 11.9. The van der Waals surface area contributed by atoms with Gasteiger partial charge in [0.1, 0.15) is 11.2 Å². The Kier molecular flexibility index (Phi) is 7.94. The van der Waals surface area contributed by atoms with Gasteiger partial charge < -0.3 is 9.47 Å². The van der Waals surface area contributed by atoms with Crippen LogP contribution in [0.5, 0.6) is 0 Å². The zero-order chi connectivity index (χ0) is 28.5.